The van der Waals surface area contributed by atoms with Crippen LogP contribution in [0.5, 0.6) is 0 Å². The number of allylic oxidation sites excluding steroid dienone is 2. The van der Waals surface area contributed by atoms with Crippen molar-refractivity contribution in [3.8, 4) is 0 Å². The Bertz CT molecular complexity index is 824. The predicted octanol–water partition coefficient (Wildman–Crippen LogP) is 5.05. The fourth-order valence-corrected chi connectivity index (χ4v) is 5.32. The molecule has 0 spiro atoms. The number of rotatable bonds is 9. The first-order valence-electron chi connectivity index (χ1n) is 10.3. The van der Waals surface area contributed by atoms with E-state index in [2.05, 4.69) is 45.3 Å². The normalized spacial score (nSPS) is 16.8. The SMILES string of the molecule is CCCN(C(=O)CSc1nnc(Cc2cccs2)n1C1CC1)C1=CCCCC1. The average Bonchev–Trinajstić information content (AvgIpc) is 3.27. The minimum atomic E-state index is 0.199. The second kappa shape index (κ2) is 9.27. The maximum atomic E-state index is 13.0. The lowest BCUT2D eigenvalue weighted by Crippen LogP contribution is -2.33. The van der Waals surface area contributed by atoms with E-state index < -0.39 is 0 Å². The van der Waals surface area contributed by atoms with Gasteiger partial charge in [0.2, 0.25) is 5.91 Å². The summed E-state index contributed by atoms with van der Waals surface area (Å²) >= 11 is 3.31. The van der Waals surface area contributed by atoms with Crippen LogP contribution in [0.15, 0.2) is 34.4 Å². The zero-order valence-corrected chi connectivity index (χ0v) is 18.1. The third-order valence-electron chi connectivity index (χ3n) is 5.25. The van der Waals surface area contributed by atoms with Gasteiger partial charge in [-0.15, -0.1) is 21.5 Å². The Morgan fingerprint density at radius 1 is 1.36 bits per heavy atom. The van der Waals surface area contributed by atoms with Gasteiger partial charge in [-0.3, -0.25) is 4.79 Å². The number of carbonyl (C=O) groups excluding carboxylic acids is 1. The van der Waals surface area contributed by atoms with Crippen molar-refractivity contribution in [3.63, 3.8) is 0 Å². The lowest BCUT2D eigenvalue weighted by Gasteiger charge is -2.27. The maximum absolute atomic E-state index is 13.0. The van der Waals surface area contributed by atoms with Crippen molar-refractivity contribution in [2.75, 3.05) is 12.3 Å². The van der Waals surface area contributed by atoms with Crippen LogP contribution in [0.1, 0.15) is 68.6 Å². The molecule has 4 rings (SSSR count). The first kappa shape index (κ1) is 19.7. The number of nitrogens with zero attached hydrogens (tertiary/aromatic N) is 4. The number of carbonyl (C=O) groups is 1. The Morgan fingerprint density at radius 2 is 2.25 bits per heavy atom. The van der Waals surface area contributed by atoms with Gasteiger partial charge in [-0.2, -0.15) is 0 Å². The minimum Gasteiger partial charge on any atom is -0.316 e. The second-order valence-electron chi connectivity index (χ2n) is 7.53. The molecule has 0 N–H and O–H groups in total. The van der Waals surface area contributed by atoms with Gasteiger partial charge in [-0.25, -0.2) is 0 Å². The molecule has 150 valence electrons. The topological polar surface area (TPSA) is 51.0 Å². The molecule has 1 fully saturated rings. The van der Waals surface area contributed by atoms with Gasteiger partial charge in [-0.1, -0.05) is 30.8 Å². The van der Waals surface area contributed by atoms with E-state index >= 15 is 0 Å². The van der Waals surface area contributed by atoms with Gasteiger partial charge in [0.1, 0.15) is 5.82 Å². The van der Waals surface area contributed by atoms with E-state index in [1.165, 1.54) is 36.3 Å². The van der Waals surface area contributed by atoms with Crippen LogP contribution in [0.2, 0.25) is 0 Å². The number of aromatic nitrogens is 3. The van der Waals surface area contributed by atoms with Crippen molar-refractivity contribution in [2.45, 2.75) is 69.5 Å². The highest BCUT2D eigenvalue weighted by molar-refractivity contribution is 7.99. The molecule has 1 saturated carbocycles. The summed E-state index contributed by atoms with van der Waals surface area (Å²) in [5, 5.41) is 11.9. The Hall–Kier alpha value is -1.60. The Morgan fingerprint density at radius 3 is 2.93 bits per heavy atom. The van der Waals surface area contributed by atoms with Crippen molar-refractivity contribution in [1.29, 1.82) is 0 Å². The van der Waals surface area contributed by atoms with Gasteiger partial charge < -0.3 is 9.47 Å². The molecule has 0 aromatic carbocycles. The molecule has 7 heteroatoms. The van der Waals surface area contributed by atoms with E-state index in [1.807, 2.05) is 4.90 Å². The number of hydrogen-bond acceptors (Lipinski definition) is 5. The van der Waals surface area contributed by atoms with E-state index in [0.29, 0.717) is 11.8 Å². The highest BCUT2D eigenvalue weighted by Gasteiger charge is 2.30. The molecule has 0 bridgehead atoms. The molecule has 2 aliphatic carbocycles. The van der Waals surface area contributed by atoms with Crippen molar-refractivity contribution >= 4 is 29.0 Å². The van der Waals surface area contributed by atoms with E-state index in [-0.39, 0.29) is 5.91 Å². The zero-order chi connectivity index (χ0) is 19.3. The van der Waals surface area contributed by atoms with Crippen LogP contribution in [0, 0.1) is 0 Å². The summed E-state index contributed by atoms with van der Waals surface area (Å²) in [6, 6.07) is 4.73. The van der Waals surface area contributed by atoms with Crippen molar-refractivity contribution < 1.29 is 4.79 Å². The van der Waals surface area contributed by atoms with Crippen molar-refractivity contribution in [3.05, 3.63) is 40.0 Å². The fraction of sp³-hybridized carbons (Fsp3) is 0.571. The molecular weight excluding hydrogens is 388 g/mol. The number of thioether (sulfide) groups is 1. The van der Waals surface area contributed by atoms with Crippen LogP contribution < -0.4 is 0 Å². The molecule has 0 aliphatic heterocycles. The van der Waals surface area contributed by atoms with Crippen LogP contribution in [0.3, 0.4) is 0 Å². The molecule has 0 saturated heterocycles. The monoisotopic (exact) mass is 416 g/mol. The number of amides is 1. The van der Waals surface area contributed by atoms with E-state index in [1.54, 1.807) is 23.1 Å². The lowest BCUT2D eigenvalue weighted by molar-refractivity contribution is -0.126. The summed E-state index contributed by atoms with van der Waals surface area (Å²) < 4.78 is 2.28. The van der Waals surface area contributed by atoms with Crippen molar-refractivity contribution in [2.24, 2.45) is 0 Å². The summed E-state index contributed by atoms with van der Waals surface area (Å²) in [4.78, 5) is 16.3. The van der Waals surface area contributed by atoms with Gasteiger partial charge in [0.15, 0.2) is 5.16 Å². The molecule has 1 amide bonds. The van der Waals surface area contributed by atoms with E-state index in [0.717, 1.165) is 43.2 Å². The van der Waals surface area contributed by atoms with Crippen LogP contribution in [-0.4, -0.2) is 37.9 Å². The highest BCUT2D eigenvalue weighted by atomic mass is 32.2. The molecule has 2 aliphatic rings. The number of thiophene rings is 1. The summed E-state index contributed by atoms with van der Waals surface area (Å²) in [6.07, 6.45) is 11.0. The molecular formula is C21H28N4OS2. The first-order chi connectivity index (χ1) is 13.8. The summed E-state index contributed by atoms with van der Waals surface area (Å²) in [7, 11) is 0. The van der Waals surface area contributed by atoms with E-state index in [9.17, 15) is 4.79 Å². The number of hydrogen-bond donors (Lipinski definition) is 0. The molecule has 0 atom stereocenters. The van der Waals surface area contributed by atoms with E-state index in [4.69, 9.17) is 0 Å². The summed E-state index contributed by atoms with van der Waals surface area (Å²) in [6.45, 7) is 2.95. The highest BCUT2D eigenvalue weighted by Crippen LogP contribution is 2.39. The maximum Gasteiger partial charge on any atom is 0.237 e. The average molecular weight is 417 g/mol. The Balaban J connectivity index is 1.44. The molecule has 0 unspecified atom stereocenters. The zero-order valence-electron chi connectivity index (χ0n) is 16.5. The second-order valence-corrected chi connectivity index (χ2v) is 9.51. The first-order valence-corrected chi connectivity index (χ1v) is 12.2. The molecule has 2 aromatic heterocycles. The van der Waals surface area contributed by atoms with Gasteiger partial charge in [-0.05, 0) is 56.4 Å². The fourth-order valence-electron chi connectivity index (χ4n) is 3.72. The van der Waals surface area contributed by atoms with Gasteiger partial charge in [0.25, 0.3) is 0 Å². The smallest absolute Gasteiger partial charge is 0.237 e. The summed E-state index contributed by atoms with van der Waals surface area (Å²) in [5.74, 6) is 1.66. The van der Waals surface area contributed by atoms with Crippen LogP contribution in [0.25, 0.3) is 0 Å². The predicted molar refractivity (Wildman–Crippen MR) is 115 cm³/mol. The quantitative estimate of drug-likeness (QED) is 0.537. The van der Waals surface area contributed by atoms with Crippen LogP contribution in [-0.2, 0) is 11.2 Å². The van der Waals surface area contributed by atoms with Gasteiger partial charge >= 0.3 is 0 Å². The Kier molecular flexibility index (Phi) is 6.52. The molecule has 28 heavy (non-hydrogen) atoms. The van der Waals surface area contributed by atoms with Crippen LogP contribution >= 0.6 is 23.1 Å². The Labute approximate surface area is 175 Å². The van der Waals surface area contributed by atoms with Gasteiger partial charge in [0, 0.05) is 29.6 Å². The standard InChI is InChI=1S/C21H28N4OS2/c1-2-12-24(16-7-4-3-5-8-16)20(26)15-28-21-23-22-19(25(21)17-10-11-17)14-18-9-6-13-27-18/h6-7,9,13,17H,2-5,8,10-12,14-15H2,1H3. The molecule has 2 aromatic rings. The third kappa shape index (κ3) is 4.69. The van der Waals surface area contributed by atoms with Crippen LogP contribution in [0.4, 0.5) is 0 Å². The van der Waals surface area contributed by atoms with Crippen molar-refractivity contribution in [1.82, 2.24) is 19.7 Å². The molecule has 0 radical (unpaired) electrons. The third-order valence-corrected chi connectivity index (χ3v) is 7.05. The molecule has 5 nitrogen and oxygen atoms in total. The minimum absolute atomic E-state index is 0.199. The molecule has 2 heterocycles. The lowest BCUT2D eigenvalue weighted by atomic mass is 10.0. The van der Waals surface area contributed by atoms with Gasteiger partial charge in [0.05, 0.1) is 5.75 Å². The largest absolute Gasteiger partial charge is 0.316 e. The summed E-state index contributed by atoms with van der Waals surface area (Å²) in [5.41, 5.74) is 1.22.